The number of para-hydroxylation sites is 1. The quantitative estimate of drug-likeness (QED) is 0.575. The molecule has 124 valence electrons. The van der Waals surface area contributed by atoms with Crippen LogP contribution in [0.2, 0.25) is 0 Å². The van der Waals surface area contributed by atoms with Crippen molar-refractivity contribution in [3.8, 4) is 0 Å². The van der Waals surface area contributed by atoms with E-state index in [2.05, 4.69) is 15.8 Å². The largest absolute Gasteiger partial charge is 0.386 e. The fourth-order valence-corrected chi connectivity index (χ4v) is 1.92. The molecule has 0 aliphatic carbocycles. The first kappa shape index (κ1) is 17.2. The molecule has 0 bridgehead atoms. The van der Waals surface area contributed by atoms with Gasteiger partial charge in [0, 0.05) is 12.2 Å². The second-order valence-electron chi connectivity index (χ2n) is 4.95. The summed E-state index contributed by atoms with van der Waals surface area (Å²) in [6, 6.07) is 18.8. The molecule has 0 aromatic heterocycles. The van der Waals surface area contributed by atoms with Crippen molar-refractivity contribution < 1.29 is 14.4 Å². The van der Waals surface area contributed by atoms with E-state index in [9.17, 15) is 9.59 Å². The molecule has 0 fully saturated rings. The van der Waals surface area contributed by atoms with E-state index in [-0.39, 0.29) is 12.5 Å². The molecule has 0 aliphatic heterocycles. The Hall–Kier alpha value is -3.15. The van der Waals surface area contributed by atoms with Crippen molar-refractivity contribution in [2.24, 2.45) is 5.16 Å². The standard InChI is InChI=1S/C18H19N3O3/c22-17(21-16-9-5-2-6-10-16)13-20-24-14-18(23)19-12-11-15-7-3-1-4-8-15/h1-10,13H,11-12,14H2,(H,19,23)(H,21,22)/b20-13+. The first-order chi connectivity index (χ1) is 11.7. The topological polar surface area (TPSA) is 79.8 Å². The summed E-state index contributed by atoms with van der Waals surface area (Å²) in [5.74, 6) is -0.711. The number of oxime groups is 1. The number of nitrogens with one attached hydrogen (secondary N) is 2. The summed E-state index contributed by atoms with van der Waals surface area (Å²) >= 11 is 0. The minimum Gasteiger partial charge on any atom is -0.386 e. The van der Waals surface area contributed by atoms with Crippen LogP contribution in [-0.2, 0) is 20.8 Å². The van der Waals surface area contributed by atoms with Crippen molar-refractivity contribution in [2.45, 2.75) is 6.42 Å². The highest BCUT2D eigenvalue weighted by Crippen LogP contribution is 2.03. The van der Waals surface area contributed by atoms with Gasteiger partial charge >= 0.3 is 0 Å². The average Bonchev–Trinajstić information content (AvgIpc) is 2.60. The van der Waals surface area contributed by atoms with Crippen LogP contribution in [0.3, 0.4) is 0 Å². The molecule has 2 aromatic carbocycles. The van der Waals surface area contributed by atoms with E-state index in [0.29, 0.717) is 12.2 Å². The lowest BCUT2D eigenvalue weighted by molar-refractivity contribution is -0.125. The zero-order chi connectivity index (χ0) is 17.0. The van der Waals surface area contributed by atoms with Gasteiger partial charge in [0.2, 0.25) is 0 Å². The Morgan fingerprint density at radius 1 is 1.00 bits per heavy atom. The molecular weight excluding hydrogens is 306 g/mol. The molecule has 0 saturated carbocycles. The van der Waals surface area contributed by atoms with Crippen LogP contribution < -0.4 is 10.6 Å². The fourth-order valence-electron chi connectivity index (χ4n) is 1.92. The molecule has 2 N–H and O–H groups in total. The number of nitrogens with zero attached hydrogens (tertiary/aromatic N) is 1. The predicted octanol–water partition coefficient (Wildman–Crippen LogP) is 1.99. The van der Waals surface area contributed by atoms with Crippen LogP contribution in [-0.4, -0.2) is 31.2 Å². The number of hydrogen-bond acceptors (Lipinski definition) is 4. The van der Waals surface area contributed by atoms with Crippen molar-refractivity contribution >= 4 is 23.7 Å². The Morgan fingerprint density at radius 3 is 2.38 bits per heavy atom. The summed E-state index contributed by atoms with van der Waals surface area (Å²) in [6.45, 7) is 0.286. The van der Waals surface area contributed by atoms with Gasteiger partial charge in [0.05, 0.1) is 0 Å². The number of hydrogen-bond donors (Lipinski definition) is 2. The van der Waals surface area contributed by atoms with Crippen molar-refractivity contribution in [1.82, 2.24) is 5.32 Å². The average molecular weight is 325 g/mol. The zero-order valence-corrected chi connectivity index (χ0v) is 13.1. The van der Waals surface area contributed by atoms with Crippen LogP contribution in [0.1, 0.15) is 5.56 Å². The van der Waals surface area contributed by atoms with E-state index in [1.54, 1.807) is 12.1 Å². The van der Waals surface area contributed by atoms with Crippen molar-refractivity contribution in [3.05, 3.63) is 66.2 Å². The molecule has 0 atom stereocenters. The molecule has 0 spiro atoms. The highest BCUT2D eigenvalue weighted by molar-refractivity contribution is 6.31. The summed E-state index contributed by atoms with van der Waals surface area (Å²) < 4.78 is 0. The second-order valence-corrected chi connectivity index (χ2v) is 4.95. The van der Waals surface area contributed by atoms with E-state index in [1.165, 1.54) is 0 Å². The number of rotatable bonds is 8. The van der Waals surface area contributed by atoms with Gasteiger partial charge in [-0.25, -0.2) is 0 Å². The molecule has 2 rings (SSSR count). The fraction of sp³-hybridized carbons (Fsp3) is 0.167. The third kappa shape index (κ3) is 6.74. The Bertz CT molecular complexity index is 672. The lowest BCUT2D eigenvalue weighted by Crippen LogP contribution is -2.29. The van der Waals surface area contributed by atoms with Gasteiger partial charge < -0.3 is 15.5 Å². The van der Waals surface area contributed by atoms with Gasteiger partial charge in [-0.3, -0.25) is 9.59 Å². The molecule has 0 unspecified atom stereocenters. The first-order valence-electron chi connectivity index (χ1n) is 7.56. The van der Waals surface area contributed by atoms with Crippen LogP contribution in [0.5, 0.6) is 0 Å². The van der Waals surface area contributed by atoms with Crippen LogP contribution in [0, 0.1) is 0 Å². The molecule has 0 radical (unpaired) electrons. The Labute approximate surface area is 140 Å². The first-order valence-corrected chi connectivity index (χ1v) is 7.56. The highest BCUT2D eigenvalue weighted by Gasteiger charge is 2.01. The molecular formula is C18H19N3O3. The van der Waals surface area contributed by atoms with Gasteiger partial charge in [0.15, 0.2) is 6.61 Å². The summed E-state index contributed by atoms with van der Waals surface area (Å²) in [7, 11) is 0. The van der Waals surface area contributed by atoms with E-state index >= 15 is 0 Å². The summed E-state index contributed by atoms with van der Waals surface area (Å²) in [5.41, 5.74) is 1.81. The lowest BCUT2D eigenvalue weighted by atomic mass is 10.1. The van der Waals surface area contributed by atoms with Gasteiger partial charge in [0.25, 0.3) is 11.8 Å². The molecule has 24 heavy (non-hydrogen) atoms. The molecule has 2 amide bonds. The van der Waals surface area contributed by atoms with E-state index in [0.717, 1.165) is 18.2 Å². The SMILES string of the molecule is O=C(/C=N/OCC(=O)NCCc1ccccc1)Nc1ccccc1. The van der Waals surface area contributed by atoms with Gasteiger partial charge in [-0.1, -0.05) is 53.7 Å². The van der Waals surface area contributed by atoms with Crippen LogP contribution in [0.4, 0.5) is 5.69 Å². The maximum Gasteiger partial charge on any atom is 0.270 e. The molecule has 0 heterocycles. The molecule has 2 aromatic rings. The van der Waals surface area contributed by atoms with Crippen LogP contribution >= 0.6 is 0 Å². The summed E-state index contributed by atoms with van der Waals surface area (Å²) in [5, 5.41) is 8.81. The number of amides is 2. The third-order valence-electron chi connectivity index (χ3n) is 3.06. The normalized spacial score (nSPS) is 10.3. The maximum atomic E-state index is 11.6. The number of benzene rings is 2. The lowest BCUT2D eigenvalue weighted by Gasteiger charge is -2.04. The molecule has 0 saturated heterocycles. The maximum absolute atomic E-state index is 11.6. The molecule has 6 nitrogen and oxygen atoms in total. The summed E-state index contributed by atoms with van der Waals surface area (Å²) in [6.07, 6.45) is 1.74. The van der Waals surface area contributed by atoms with Crippen LogP contribution in [0.25, 0.3) is 0 Å². The Morgan fingerprint density at radius 2 is 1.67 bits per heavy atom. The van der Waals surface area contributed by atoms with Crippen molar-refractivity contribution in [2.75, 3.05) is 18.5 Å². The van der Waals surface area contributed by atoms with E-state index < -0.39 is 5.91 Å². The molecule has 0 aliphatic rings. The number of anilines is 1. The van der Waals surface area contributed by atoms with Crippen LogP contribution in [0.15, 0.2) is 65.8 Å². The van der Waals surface area contributed by atoms with Crippen molar-refractivity contribution in [3.63, 3.8) is 0 Å². The van der Waals surface area contributed by atoms with Crippen molar-refractivity contribution in [1.29, 1.82) is 0 Å². The Balaban J connectivity index is 1.59. The minimum atomic E-state index is -0.425. The van der Waals surface area contributed by atoms with E-state index in [4.69, 9.17) is 4.84 Å². The highest BCUT2D eigenvalue weighted by atomic mass is 16.6. The van der Waals surface area contributed by atoms with Gasteiger partial charge in [-0.15, -0.1) is 0 Å². The predicted molar refractivity (Wildman–Crippen MR) is 92.7 cm³/mol. The Kier molecular flexibility index (Phi) is 7.01. The third-order valence-corrected chi connectivity index (χ3v) is 3.06. The van der Waals surface area contributed by atoms with E-state index in [1.807, 2.05) is 48.5 Å². The monoisotopic (exact) mass is 325 g/mol. The minimum absolute atomic E-state index is 0.232. The smallest absolute Gasteiger partial charge is 0.270 e. The van der Waals surface area contributed by atoms with Gasteiger partial charge in [0.1, 0.15) is 6.21 Å². The summed E-state index contributed by atoms with van der Waals surface area (Å²) in [4.78, 5) is 27.9. The van der Waals surface area contributed by atoms with Gasteiger partial charge in [-0.2, -0.15) is 0 Å². The second kappa shape index (κ2) is 9.78. The zero-order valence-electron chi connectivity index (χ0n) is 13.1. The van der Waals surface area contributed by atoms with Gasteiger partial charge in [-0.05, 0) is 24.1 Å². The number of carbonyl (C=O) groups excluding carboxylic acids is 2. The number of carbonyl (C=O) groups is 2. The molecule has 6 heteroatoms.